The maximum atomic E-state index is 15.9. The van der Waals surface area contributed by atoms with Crippen molar-refractivity contribution >= 4 is 22.8 Å². The summed E-state index contributed by atoms with van der Waals surface area (Å²) < 4.78 is 32.0. The second-order valence-electron chi connectivity index (χ2n) is 10.7. The highest BCUT2D eigenvalue weighted by Gasteiger charge is 2.31. The summed E-state index contributed by atoms with van der Waals surface area (Å²) in [5.74, 6) is -2.68. The van der Waals surface area contributed by atoms with Crippen molar-refractivity contribution in [3.63, 3.8) is 0 Å². The molecule has 1 amide bonds. The Hall–Kier alpha value is -5.18. The number of halogens is 2. The summed E-state index contributed by atoms with van der Waals surface area (Å²) >= 11 is 0. The summed E-state index contributed by atoms with van der Waals surface area (Å²) in [5, 5.41) is 20.2. The molecular formula is C31H29F2N7O3. The van der Waals surface area contributed by atoms with E-state index in [1.807, 2.05) is 26.8 Å². The summed E-state index contributed by atoms with van der Waals surface area (Å²) in [5.41, 5.74) is -0.318. The van der Waals surface area contributed by atoms with Crippen LogP contribution in [0.15, 0.2) is 47.8 Å². The minimum Gasteiger partial charge on any atom is -0.507 e. The van der Waals surface area contributed by atoms with E-state index < -0.39 is 34.3 Å². The second-order valence-corrected chi connectivity index (χ2v) is 10.7. The van der Waals surface area contributed by atoms with E-state index in [9.17, 15) is 24.3 Å². The van der Waals surface area contributed by atoms with Crippen LogP contribution in [-0.4, -0.2) is 61.1 Å². The first-order valence-electron chi connectivity index (χ1n) is 13.7. The zero-order valence-electron chi connectivity index (χ0n) is 24.1. The number of fused-ring (bicyclic) bond motifs is 1. The molecule has 3 aromatic heterocycles. The molecule has 5 rings (SSSR count). The van der Waals surface area contributed by atoms with Crippen molar-refractivity contribution < 1.29 is 18.7 Å². The number of carbonyl (C=O) groups is 1. The number of phenolic OH excluding ortho intramolecular Hbond substituents is 1. The van der Waals surface area contributed by atoms with Crippen LogP contribution < -0.4 is 10.6 Å². The molecule has 4 heterocycles. The average Bonchev–Trinajstić information content (AvgIpc) is 2.97. The standard InChI is InChI=1S/C31H29F2N7O3/c1-6-24(42)38-10-11-39(18(5)15-38)29-20-13-22(33)27(25-21(32)8-7-9-23(25)41)36-30(20)40(31(43)37-29)28-17(4)12-19(14-34)35-26(28)16(2)3/h6-9,12-13,16,18,41H,1,10-11,15H2,2-5H3/t18-/m0/s1. The van der Waals surface area contributed by atoms with Gasteiger partial charge in [0.2, 0.25) is 5.91 Å². The number of aromatic hydroxyl groups is 1. The maximum absolute atomic E-state index is 15.9. The lowest BCUT2D eigenvalue weighted by Gasteiger charge is -2.40. The molecule has 10 nitrogen and oxygen atoms in total. The third kappa shape index (κ3) is 5.07. The molecule has 220 valence electrons. The summed E-state index contributed by atoms with van der Waals surface area (Å²) in [6.07, 6.45) is 1.23. The summed E-state index contributed by atoms with van der Waals surface area (Å²) in [6, 6.07) is 7.93. The van der Waals surface area contributed by atoms with E-state index >= 15 is 4.39 Å². The first-order chi connectivity index (χ1) is 20.5. The molecule has 1 aliphatic rings. The van der Waals surface area contributed by atoms with Gasteiger partial charge in [0.1, 0.15) is 34.8 Å². The highest BCUT2D eigenvalue weighted by molar-refractivity contribution is 5.91. The number of nitrogens with zero attached hydrogens (tertiary/aromatic N) is 7. The Morgan fingerprint density at radius 1 is 1.19 bits per heavy atom. The van der Waals surface area contributed by atoms with Crippen molar-refractivity contribution in [1.82, 2.24) is 24.4 Å². The van der Waals surface area contributed by atoms with Crippen molar-refractivity contribution in [2.24, 2.45) is 0 Å². The Morgan fingerprint density at radius 3 is 2.56 bits per heavy atom. The van der Waals surface area contributed by atoms with Gasteiger partial charge in [0.25, 0.3) is 0 Å². The molecule has 4 aromatic rings. The van der Waals surface area contributed by atoms with E-state index in [2.05, 4.69) is 21.5 Å². The Bertz CT molecular complexity index is 1880. The summed E-state index contributed by atoms with van der Waals surface area (Å²) in [6.45, 7) is 11.7. The molecule has 1 aliphatic heterocycles. The van der Waals surface area contributed by atoms with Crippen LogP contribution in [0.1, 0.15) is 43.6 Å². The number of carbonyl (C=O) groups excluding carboxylic acids is 1. The van der Waals surface area contributed by atoms with Crippen LogP contribution in [-0.2, 0) is 4.79 Å². The molecule has 0 unspecified atom stereocenters. The molecule has 0 spiro atoms. The van der Waals surface area contributed by atoms with Crippen molar-refractivity contribution in [2.45, 2.75) is 39.7 Å². The van der Waals surface area contributed by atoms with Crippen LogP contribution in [0.25, 0.3) is 28.0 Å². The number of hydrogen-bond donors (Lipinski definition) is 1. The van der Waals surface area contributed by atoms with Crippen LogP contribution in [0, 0.1) is 29.9 Å². The van der Waals surface area contributed by atoms with Crippen molar-refractivity contribution in [3.8, 4) is 28.8 Å². The zero-order chi connectivity index (χ0) is 31.2. The molecule has 0 aliphatic carbocycles. The smallest absolute Gasteiger partial charge is 0.355 e. The largest absolute Gasteiger partial charge is 0.507 e. The van der Waals surface area contributed by atoms with E-state index in [1.54, 1.807) is 16.7 Å². The van der Waals surface area contributed by atoms with E-state index in [0.29, 0.717) is 36.6 Å². The number of hydrogen-bond acceptors (Lipinski definition) is 8. The summed E-state index contributed by atoms with van der Waals surface area (Å²) in [4.78, 5) is 43.0. The lowest BCUT2D eigenvalue weighted by atomic mass is 10.0. The molecule has 0 radical (unpaired) electrons. The van der Waals surface area contributed by atoms with Gasteiger partial charge in [-0.05, 0) is 55.7 Å². The monoisotopic (exact) mass is 585 g/mol. The van der Waals surface area contributed by atoms with E-state index in [0.717, 1.165) is 12.1 Å². The highest BCUT2D eigenvalue weighted by Crippen LogP contribution is 2.37. The number of rotatable bonds is 5. The molecule has 0 saturated carbocycles. The molecule has 1 saturated heterocycles. The molecular weight excluding hydrogens is 556 g/mol. The molecule has 12 heteroatoms. The topological polar surface area (TPSA) is 128 Å². The third-order valence-electron chi connectivity index (χ3n) is 7.51. The van der Waals surface area contributed by atoms with Gasteiger partial charge in [-0.25, -0.2) is 28.1 Å². The third-order valence-corrected chi connectivity index (χ3v) is 7.51. The van der Waals surface area contributed by atoms with E-state index in [4.69, 9.17) is 0 Å². The van der Waals surface area contributed by atoms with Gasteiger partial charge < -0.3 is 14.9 Å². The lowest BCUT2D eigenvalue weighted by molar-refractivity contribution is -0.126. The Kier molecular flexibility index (Phi) is 7.67. The van der Waals surface area contributed by atoms with E-state index in [1.165, 1.54) is 28.8 Å². The van der Waals surface area contributed by atoms with Crippen molar-refractivity contribution in [1.29, 1.82) is 5.26 Å². The predicted molar refractivity (Wildman–Crippen MR) is 157 cm³/mol. The fourth-order valence-corrected chi connectivity index (χ4v) is 5.49. The van der Waals surface area contributed by atoms with Gasteiger partial charge in [0.15, 0.2) is 11.5 Å². The van der Waals surface area contributed by atoms with Crippen LogP contribution in [0.5, 0.6) is 5.75 Å². The van der Waals surface area contributed by atoms with Crippen molar-refractivity contribution in [2.75, 3.05) is 24.5 Å². The van der Waals surface area contributed by atoms with Gasteiger partial charge in [-0.3, -0.25) is 4.79 Å². The minimum absolute atomic E-state index is 0.0395. The normalized spacial score (nSPS) is 15.2. The van der Waals surface area contributed by atoms with Gasteiger partial charge in [-0.15, -0.1) is 0 Å². The van der Waals surface area contributed by atoms with Crippen LogP contribution in [0.2, 0.25) is 0 Å². The second kappa shape index (κ2) is 11.2. The average molecular weight is 586 g/mol. The minimum atomic E-state index is -0.937. The number of aryl methyl sites for hydroxylation is 1. The first kappa shape index (κ1) is 29.3. The number of amides is 1. The highest BCUT2D eigenvalue weighted by atomic mass is 19.1. The summed E-state index contributed by atoms with van der Waals surface area (Å²) in [7, 11) is 0. The predicted octanol–water partition coefficient (Wildman–Crippen LogP) is 4.35. The van der Waals surface area contributed by atoms with Crippen molar-refractivity contribution in [3.05, 3.63) is 82.1 Å². The Morgan fingerprint density at radius 2 is 1.93 bits per heavy atom. The van der Waals surface area contributed by atoms with E-state index in [-0.39, 0.29) is 40.4 Å². The van der Waals surface area contributed by atoms with Crippen LogP contribution in [0.3, 0.4) is 0 Å². The molecule has 1 aromatic carbocycles. The fourth-order valence-electron chi connectivity index (χ4n) is 5.49. The van der Waals surface area contributed by atoms with Gasteiger partial charge in [-0.1, -0.05) is 26.5 Å². The Balaban J connectivity index is 1.85. The number of anilines is 1. The number of aromatic nitrogens is 4. The quantitative estimate of drug-likeness (QED) is 0.343. The van der Waals surface area contributed by atoms with Gasteiger partial charge in [-0.2, -0.15) is 10.2 Å². The molecule has 1 fully saturated rings. The maximum Gasteiger partial charge on any atom is 0.355 e. The number of piperazine rings is 1. The lowest BCUT2D eigenvalue weighted by Crippen LogP contribution is -2.54. The number of phenols is 1. The molecule has 0 bridgehead atoms. The number of benzene rings is 1. The van der Waals surface area contributed by atoms with Gasteiger partial charge in [0, 0.05) is 25.7 Å². The fraction of sp³-hybridized carbons (Fsp3) is 0.290. The molecule has 1 atom stereocenters. The zero-order valence-corrected chi connectivity index (χ0v) is 24.1. The van der Waals surface area contributed by atoms with Crippen LogP contribution in [0.4, 0.5) is 14.6 Å². The van der Waals surface area contributed by atoms with Gasteiger partial charge in [0.05, 0.1) is 22.3 Å². The molecule has 43 heavy (non-hydrogen) atoms. The number of nitriles is 1. The molecule has 1 N–H and O–H groups in total. The Labute approximate surface area is 246 Å². The van der Waals surface area contributed by atoms with Gasteiger partial charge >= 0.3 is 5.69 Å². The first-order valence-corrected chi connectivity index (χ1v) is 13.7. The number of pyridine rings is 2. The van der Waals surface area contributed by atoms with Crippen LogP contribution >= 0.6 is 0 Å². The SMILES string of the molecule is C=CC(=O)N1CCN(c2nc(=O)n(-c3c(C)cc(C#N)nc3C(C)C)c3nc(-c4c(O)cccc4F)c(F)cc23)[C@@H](C)C1.